The first-order chi connectivity index (χ1) is 12.7. The molecule has 0 amide bonds. The van der Waals surface area contributed by atoms with Gasteiger partial charge in [0, 0.05) is 41.1 Å². The molecule has 3 rings (SSSR count). The van der Waals surface area contributed by atoms with Crippen molar-refractivity contribution < 1.29 is 0 Å². The molecule has 0 aliphatic carbocycles. The SMILES string of the molecule is CCCCNC(=S)NCC(c1ccccc1Cl)c1c[nH]c2ccccc12. The molecule has 1 unspecified atom stereocenters. The number of halogens is 1. The molecule has 0 aliphatic rings. The van der Waals surface area contributed by atoms with Crippen LogP contribution < -0.4 is 10.6 Å². The summed E-state index contributed by atoms with van der Waals surface area (Å²) in [5.41, 5.74) is 3.45. The van der Waals surface area contributed by atoms with Crippen LogP contribution in [0.15, 0.2) is 54.7 Å². The normalized spacial score (nSPS) is 12.1. The maximum absolute atomic E-state index is 6.52. The zero-order chi connectivity index (χ0) is 18.4. The van der Waals surface area contributed by atoms with Crippen molar-refractivity contribution >= 4 is 39.8 Å². The molecule has 136 valence electrons. The average Bonchev–Trinajstić information content (AvgIpc) is 3.08. The summed E-state index contributed by atoms with van der Waals surface area (Å²) in [5, 5.41) is 9.31. The van der Waals surface area contributed by atoms with Gasteiger partial charge in [0.15, 0.2) is 5.11 Å². The number of nitrogens with one attached hydrogen (secondary N) is 3. The molecule has 1 heterocycles. The van der Waals surface area contributed by atoms with Gasteiger partial charge in [0.25, 0.3) is 0 Å². The van der Waals surface area contributed by atoms with Crippen molar-refractivity contribution in [3.8, 4) is 0 Å². The van der Waals surface area contributed by atoms with E-state index in [-0.39, 0.29) is 5.92 Å². The molecule has 0 fully saturated rings. The molecule has 0 spiro atoms. The summed E-state index contributed by atoms with van der Waals surface area (Å²) in [6, 6.07) is 16.4. The Hall–Kier alpha value is -2.04. The summed E-state index contributed by atoms with van der Waals surface area (Å²) in [6.07, 6.45) is 4.33. The quantitative estimate of drug-likeness (QED) is 0.386. The third-order valence-corrected chi connectivity index (χ3v) is 5.19. The molecule has 0 radical (unpaired) electrons. The Labute approximate surface area is 165 Å². The minimum atomic E-state index is 0.103. The van der Waals surface area contributed by atoms with Crippen molar-refractivity contribution in [2.45, 2.75) is 25.7 Å². The largest absolute Gasteiger partial charge is 0.363 e. The van der Waals surface area contributed by atoms with Crippen LogP contribution in [0.2, 0.25) is 5.02 Å². The van der Waals surface area contributed by atoms with E-state index in [0.717, 1.165) is 35.5 Å². The summed E-state index contributed by atoms with van der Waals surface area (Å²) in [6.45, 7) is 3.75. The van der Waals surface area contributed by atoms with Crippen LogP contribution in [0.5, 0.6) is 0 Å². The second kappa shape index (κ2) is 9.06. The standard InChI is InChI=1S/C21H24ClN3S/c1-2-3-12-23-21(26)25-14-17(15-8-4-6-10-19(15)22)18-13-24-20-11-7-5-9-16(18)20/h4-11,13,17,24H,2-3,12,14H2,1H3,(H2,23,25,26). The fraction of sp³-hybridized carbons (Fsp3) is 0.286. The monoisotopic (exact) mass is 385 g/mol. The summed E-state index contributed by atoms with van der Waals surface area (Å²) in [5.74, 6) is 0.103. The number of unbranched alkanes of at least 4 members (excludes halogenated alkanes) is 1. The molecule has 0 saturated carbocycles. The Balaban J connectivity index is 1.86. The second-order valence-electron chi connectivity index (χ2n) is 6.35. The van der Waals surface area contributed by atoms with E-state index in [1.807, 2.05) is 24.3 Å². The van der Waals surface area contributed by atoms with Crippen LogP contribution >= 0.6 is 23.8 Å². The molecule has 3 aromatic rings. The van der Waals surface area contributed by atoms with Crippen LogP contribution in [-0.2, 0) is 0 Å². The number of para-hydroxylation sites is 1. The molecule has 1 aromatic heterocycles. The molecule has 3 nitrogen and oxygen atoms in total. The van der Waals surface area contributed by atoms with E-state index in [2.05, 4.69) is 53.0 Å². The summed E-state index contributed by atoms with van der Waals surface area (Å²) in [7, 11) is 0. The Morgan fingerprint density at radius 1 is 1.08 bits per heavy atom. The highest BCUT2D eigenvalue weighted by Gasteiger charge is 2.20. The number of benzene rings is 2. The molecule has 5 heteroatoms. The maximum Gasteiger partial charge on any atom is 0.166 e. The molecule has 0 saturated heterocycles. The van der Waals surface area contributed by atoms with Gasteiger partial charge in [0.2, 0.25) is 0 Å². The zero-order valence-corrected chi connectivity index (χ0v) is 16.5. The van der Waals surface area contributed by atoms with E-state index in [0.29, 0.717) is 11.7 Å². The average molecular weight is 386 g/mol. The van der Waals surface area contributed by atoms with Crippen LogP contribution in [0.25, 0.3) is 10.9 Å². The number of aromatic nitrogens is 1. The number of hydrogen-bond donors (Lipinski definition) is 3. The number of fused-ring (bicyclic) bond motifs is 1. The third-order valence-electron chi connectivity index (χ3n) is 4.56. The number of hydrogen-bond acceptors (Lipinski definition) is 1. The number of H-pyrrole nitrogens is 1. The number of rotatable bonds is 7. The van der Waals surface area contributed by atoms with E-state index in [4.69, 9.17) is 23.8 Å². The Morgan fingerprint density at radius 2 is 1.85 bits per heavy atom. The van der Waals surface area contributed by atoms with Gasteiger partial charge in [0.05, 0.1) is 0 Å². The molecular formula is C21H24ClN3S. The summed E-state index contributed by atoms with van der Waals surface area (Å²) >= 11 is 11.9. The van der Waals surface area contributed by atoms with Gasteiger partial charge in [0.1, 0.15) is 0 Å². The predicted molar refractivity (Wildman–Crippen MR) is 115 cm³/mol. The fourth-order valence-electron chi connectivity index (χ4n) is 3.16. The van der Waals surface area contributed by atoms with Crippen molar-refractivity contribution in [2.24, 2.45) is 0 Å². The summed E-state index contributed by atoms with van der Waals surface area (Å²) < 4.78 is 0. The maximum atomic E-state index is 6.52. The first-order valence-electron chi connectivity index (χ1n) is 9.02. The Kier molecular flexibility index (Phi) is 6.53. The highest BCUT2D eigenvalue weighted by molar-refractivity contribution is 7.80. The second-order valence-corrected chi connectivity index (χ2v) is 7.17. The van der Waals surface area contributed by atoms with E-state index in [9.17, 15) is 0 Å². The predicted octanol–water partition coefficient (Wildman–Crippen LogP) is 5.22. The molecule has 1 atom stereocenters. The van der Waals surface area contributed by atoms with Crippen LogP contribution in [0.1, 0.15) is 36.8 Å². The van der Waals surface area contributed by atoms with E-state index in [1.54, 1.807) is 0 Å². The van der Waals surface area contributed by atoms with Crippen molar-refractivity contribution in [2.75, 3.05) is 13.1 Å². The van der Waals surface area contributed by atoms with Crippen molar-refractivity contribution in [1.29, 1.82) is 0 Å². The number of thiocarbonyl (C=S) groups is 1. The van der Waals surface area contributed by atoms with Crippen LogP contribution in [0.4, 0.5) is 0 Å². The van der Waals surface area contributed by atoms with Gasteiger partial charge in [-0.15, -0.1) is 0 Å². The highest BCUT2D eigenvalue weighted by Crippen LogP contribution is 2.33. The van der Waals surface area contributed by atoms with Crippen molar-refractivity contribution in [3.63, 3.8) is 0 Å². The van der Waals surface area contributed by atoms with Crippen LogP contribution in [-0.4, -0.2) is 23.2 Å². The minimum Gasteiger partial charge on any atom is -0.363 e. The molecule has 0 aliphatic heterocycles. The number of aromatic amines is 1. The molecule has 26 heavy (non-hydrogen) atoms. The molecule has 0 bridgehead atoms. The zero-order valence-electron chi connectivity index (χ0n) is 14.9. The lowest BCUT2D eigenvalue weighted by atomic mass is 9.91. The lowest BCUT2D eigenvalue weighted by molar-refractivity contribution is 0.716. The van der Waals surface area contributed by atoms with Gasteiger partial charge in [-0.05, 0) is 41.9 Å². The molecule has 2 aromatic carbocycles. The fourth-order valence-corrected chi connectivity index (χ4v) is 3.62. The third kappa shape index (κ3) is 4.37. The van der Waals surface area contributed by atoms with Gasteiger partial charge in [-0.1, -0.05) is 61.3 Å². The highest BCUT2D eigenvalue weighted by atomic mass is 35.5. The van der Waals surface area contributed by atoms with Gasteiger partial charge in [-0.3, -0.25) is 0 Å². The lowest BCUT2D eigenvalue weighted by Gasteiger charge is -2.20. The van der Waals surface area contributed by atoms with Gasteiger partial charge < -0.3 is 15.6 Å². The smallest absolute Gasteiger partial charge is 0.166 e. The van der Waals surface area contributed by atoms with Crippen molar-refractivity contribution in [3.05, 3.63) is 70.9 Å². The van der Waals surface area contributed by atoms with Gasteiger partial charge in [-0.25, -0.2) is 0 Å². The summed E-state index contributed by atoms with van der Waals surface area (Å²) in [4.78, 5) is 3.37. The van der Waals surface area contributed by atoms with Crippen LogP contribution in [0, 0.1) is 0 Å². The lowest BCUT2D eigenvalue weighted by Crippen LogP contribution is -2.38. The topological polar surface area (TPSA) is 39.8 Å². The van der Waals surface area contributed by atoms with Gasteiger partial charge >= 0.3 is 0 Å². The van der Waals surface area contributed by atoms with E-state index < -0.39 is 0 Å². The van der Waals surface area contributed by atoms with E-state index in [1.165, 1.54) is 10.9 Å². The first kappa shape index (κ1) is 18.7. The van der Waals surface area contributed by atoms with Gasteiger partial charge in [-0.2, -0.15) is 0 Å². The van der Waals surface area contributed by atoms with Crippen molar-refractivity contribution in [1.82, 2.24) is 15.6 Å². The minimum absolute atomic E-state index is 0.103. The molecule has 3 N–H and O–H groups in total. The Morgan fingerprint density at radius 3 is 2.65 bits per heavy atom. The molecular weight excluding hydrogens is 362 g/mol. The van der Waals surface area contributed by atoms with Crippen LogP contribution in [0.3, 0.4) is 0 Å². The first-order valence-corrected chi connectivity index (χ1v) is 9.81. The Bertz CT molecular complexity index is 874. The van der Waals surface area contributed by atoms with E-state index >= 15 is 0 Å².